The number of ketones is 1. The molecule has 0 radical (unpaired) electrons. The molecule has 1 amide bonds. The molecule has 2 unspecified atom stereocenters. The van der Waals surface area contributed by atoms with Crippen molar-refractivity contribution in [1.29, 1.82) is 0 Å². The van der Waals surface area contributed by atoms with Crippen LogP contribution in [0.1, 0.15) is 54.4 Å². The minimum atomic E-state index is 0.0918. The molecule has 4 heteroatoms. The van der Waals surface area contributed by atoms with Crippen LogP contribution in [0.15, 0.2) is 10.8 Å². The number of aryl methyl sites for hydroxylation is 1. The van der Waals surface area contributed by atoms with Gasteiger partial charge in [-0.1, -0.05) is 6.42 Å². The van der Waals surface area contributed by atoms with Gasteiger partial charge in [-0.05, 0) is 43.6 Å². The zero-order valence-corrected chi connectivity index (χ0v) is 12.7. The second-order valence-electron chi connectivity index (χ2n) is 6.00. The molecule has 1 aromatic rings. The molecular weight excluding hydrogens is 270 g/mol. The predicted octanol–water partition coefficient (Wildman–Crippen LogP) is 3.42. The van der Waals surface area contributed by atoms with E-state index in [0.29, 0.717) is 12.2 Å². The molecule has 3 rings (SSSR count). The maximum atomic E-state index is 12.7. The number of likely N-dealkylation sites (tertiary alicyclic amines) is 1. The van der Waals surface area contributed by atoms with Crippen LogP contribution in [0, 0.1) is 12.8 Å². The summed E-state index contributed by atoms with van der Waals surface area (Å²) in [7, 11) is 0. The van der Waals surface area contributed by atoms with Gasteiger partial charge in [0.15, 0.2) is 0 Å². The van der Waals surface area contributed by atoms with Crippen molar-refractivity contribution in [2.45, 2.75) is 51.5 Å². The fraction of sp³-hybridized carbons (Fsp3) is 0.625. The Morgan fingerprint density at radius 3 is 2.80 bits per heavy atom. The standard InChI is InChI=1S/C16H21NO2S/c1-11-9-20-10-13(11)16(19)17-8-4-6-14(17)12-5-2-3-7-15(12)18/h9-10,12,14H,2-8H2,1H3. The Morgan fingerprint density at radius 1 is 1.25 bits per heavy atom. The molecule has 0 aromatic carbocycles. The van der Waals surface area contributed by atoms with Crippen molar-refractivity contribution in [3.8, 4) is 0 Å². The normalized spacial score (nSPS) is 27.1. The van der Waals surface area contributed by atoms with E-state index in [-0.39, 0.29) is 17.9 Å². The molecule has 0 N–H and O–H groups in total. The highest BCUT2D eigenvalue weighted by Gasteiger charge is 2.39. The monoisotopic (exact) mass is 291 g/mol. The van der Waals surface area contributed by atoms with Crippen molar-refractivity contribution in [3.05, 3.63) is 21.9 Å². The van der Waals surface area contributed by atoms with Gasteiger partial charge >= 0.3 is 0 Å². The van der Waals surface area contributed by atoms with Gasteiger partial charge in [-0.2, -0.15) is 11.3 Å². The predicted molar refractivity (Wildman–Crippen MR) is 80.1 cm³/mol. The Labute approximate surface area is 124 Å². The van der Waals surface area contributed by atoms with Crippen molar-refractivity contribution in [1.82, 2.24) is 4.90 Å². The molecule has 2 heterocycles. The van der Waals surface area contributed by atoms with E-state index in [0.717, 1.165) is 49.8 Å². The Bertz CT molecular complexity index is 522. The van der Waals surface area contributed by atoms with E-state index in [1.807, 2.05) is 22.6 Å². The van der Waals surface area contributed by atoms with E-state index in [1.165, 1.54) is 0 Å². The van der Waals surface area contributed by atoms with Gasteiger partial charge in [0.1, 0.15) is 5.78 Å². The minimum absolute atomic E-state index is 0.0918. The summed E-state index contributed by atoms with van der Waals surface area (Å²) in [6.45, 7) is 2.79. The second-order valence-corrected chi connectivity index (χ2v) is 6.74. The van der Waals surface area contributed by atoms with Crippen LogP contribution in [0.5, 0.6) is 0 Å². The first-order valence-corrected chi connectivity index (χ1v) is 8.49. The van der Waals surface area contributed by atoms with Gasteiger partial charge in [-0.3, -0.25) is 9.59 Å². The van der Waals surface area contributed by atoms with Crippen molar-refractivity contribution >= 4 is 23.0 Å². The Morgan fingerprint density at radius 2 is 2.10 bits per heavy atom. The van der Waals surface area contributed by atoms with Gasteiger partial charge in [0.2, 0.25) is 0 Å². The largest absolute Gasteiger partial charge is 0.335 e. The minimum Gasteiger partial charge on any atom is -0.335 e. The second kappa shape index (κ2) is 5.68. The van der Waals surface area contributed by atoms with Crippen LogP contribution >= 0.6 is 11.3 Å². The maximum Gasteiger partial charge on any atom is 0.255 e. The number of carbonyl (C=O) groups is 2. The molecule has 1 aliphatic heterocycles. The van der Waals surface area contributed by atoms with Gasteiger partial charge in [0.25, 0.3) is 5.91 Å². The first kappa shape index (κ1) is 13.8. The number of Topliss-reactive ketones (excluding diaryl/α,β-unsaturated/α-hetero) is 1. The first-order chi connectivity index (χ1) is 9.68. The fourth-order valence-electron chi connectivity index (χ4n) is 3.61. The summed E-state index contributed by atoms with van der Waals surface area (Å²) in [5.74, 6) is 0.599. The Balaban J connectivity index is 1.80. The zero-order chi connectivity index (χ0) is 14.1. The highest BCUT2D eigenvalue weighted by atomic mass is 32.1. The number of amides is 1. The summed E-state index contributed by atoms with van der Waals surface area (Å²) in [6.07, 6.45) is 5.86. The third-order valence-electron chi connectivity index (χ3n) is 4.71. The van der Waals surface area contributed by atoms with Crippen molar-refractivity contribution in [3.63, 3.8) is 0 Å². The summed E-state index contributed by atoms with van der Waals surface area (Å²) in [4.78, 5) is 26.9. The molecule has 2 fully saturated rings. The molecule has 1 aliphatic carbocycles. The zero-order valence-electron chi connectivity index (χ0n) is 11.9. The van der Waals surface area contributed by atoms with Gasteiger partial charge in [-0.15, -0.1) is 0 Å². The molecule has 1 saturated carbocycles. The lowest BCUT2D eigenvalue weighted by Crippen LogP contribution is -2.43. The third kappa shape index (κ3) is 2.41. The number of carbonyl (C=O) groups excluding carboxylic acids is 2. The molecule has 108 valence electrons. The molecule has 1 saturated heterocycles. The van der Waals surface area contributed by atoms with E-state index < -0.39 is 0 Å². The van der Waals surface area contributed by atoms with Crippen molar-refractivity contribution < 1.29 is 9.59 Å². The highest BCUT2D eigenvalue weighted by molar-refractivity contribution is 7.08. The van der Waals surface area contributed by atoms with Crippen LogP contribution < -0.4 is 0 Å². The van der Waals surface area contributed by atoms with Gasteiger partial charge in [0.05, 0.1) is 5.56 Å². The average Bonchev–Trinajstić information content (AvgIpc) is 3.07. The van der Waals surface area contributed by atoms with Crippen LogP contribution in [0.4, 0.5) is 0 Å². The van der Waals surface area contributed by atoms with E-state index >= 15 is 0 Å². The molecule has 2 atom stereocenters. The van der Waals surface area contributed by atoms with E-state index in [1.54, 1.807) is 11.3 Å². The van der Waals surface area contributed by atoms with Crippen LogP contribution in [0.2, 0.25) is 0 Å². The number of thiophene rings is 1. The topological polar surface area (TPSA) is 37.4 Å². The molecule has 3 nitrogen and oxygen atoms in total. The highest BCUT2D eigenvalue weighted by Crippen LogP contribution is 2.33. The molecule has 0 bridgehead atoms. The number of nitrogens with zero attached hydrogens (tertiary/aromatic N) is 1. The SMILES string of the molecule is Cc1cscc1C(=O)N1CCCC1C1CCCCC1=O. The van der Waals surface area contributed by atoms with Gasteiger partial charge in [-0.25, -0.2) is 0 Å². The molecule has 2 aliphatic rings. The van der Waals surface area contributed by atoms with Gasteiger partial charge < -0.3 is 4.90 Å². The van der Waals surface area contributed by atoms with E-state index in [9.17, 15) is 9.59 Å². The summed E-state index contributed by atoms with van der Waals surface area (Å²) in [5, 5.41) is 3.96. The number of hydrogen-bond donors (Lipinski definition) is 0. The average molecular weight is 291 g/mol. The lowest BCUT2D eigenvalue weighted by molar-refractivity contribution is -0.126. The summed E-state index contributed by atoms with van der Waals surface area (Å²) < 4.78 is 0. The van der Waals surface area contributed by atoms with E-state index in [4.69, 9.17) is 0 Å². The fourth-order valence-corrected chi connectivity index (χ4v) is 4.44. The smallest absolute Gasteiger partial charge is 0.255 e. The van der Waals surface area contributed by atoms with Crippen molar-refractivity contribution in [2.24, 2.45) is 5.92 Å². The van der Waals surface area contributed by atoms with Crippen LogP contribution in [-0.2, 0) is 4.79 Å². The number of rotatable bonds is 2. The lowest BCUT2D eigenvalue weighted by Gasteiger charge is -2.33. The van der Waals surface area contributed by atoms with Crippen LogP contribution in [-0.4, -0.2) is 29.2 Å². The Kier molecular flexibility index (Phi) is 3.92. The third-order valence-corrected chi connectivity index (χ3v) is 5.57. The number of hydrogen-bond acceptors (Lipinski definition) is 3. The summed E-state index contributed by atoms with van der Waals surface area (Å²) in [5.41, 5.74) is 1.88. The van der Waals surface area contributed by atoms with Crippen LogP contribution in [0.3, 0.4) is 0 Å². The Hall–Kier alpha value is -1.16. The maximum absolute atomic E-state index is 12.7. The molecular formula is C16H21NO2S. The van der Waals surface area contributed by atoms with E-state index in [2.05, 4.69) is 0 Å². The summed E-state index contributed by atoms with van der Waals surface area (Å²) >= 11 is 1.58. The van der Waals surface area contributed by atoms with Crippen molar-refractivity contribution in [2.75, 3.05) is 6.54 Å². The van der Waals surface area contributed by atoms with Crippen LogP contribution in [0.25, 0.3) is 0 Å². The summed E-state index contributed by atoms with van der Waals surface area (Å²) in [6, 6.07) is 0.148. The quantitative estimate of drug-likeness (QED) is 0.837. The first-order valence-electron chi connectivity index (χ1n) is 7.55. The lowest BCUT2D eigenvalue weighted by atomic mass is 9.81. The molecule has 1 aromatic heterocycles. The molecule has 0 spiro atoms. The van der Waals surface area contributed by atoms with Gasteiger partial charge in [0, 0.05) is 30.3 Å². The molecule has 20 heavy (non-hydrogen) atoms.